The van der Waals surface area contributed by atoms with Crippen LogP contribution in [0.1, 0.15) is 56.8 Å². The van der Waals surface area contributed by atoms with Crippen LogP contribution >= 0.6 is 0 Å². The van der Waals surface area contributed by atoms with Gasteiger partial charge in [-0.2, -0.15) is 0 Å². The first-order valence-electron chi connectivity index (χ1n) is 10.9. The highest BCUT2D eigenvalue weighted by atomic mass is 16.6. The molecular weight excluding hydrogens is 402 g/mol. The van der Waals surface area contributed by atoms with Gasteiger partial charge < -0.3 is 28.6 Å². The molecule has 172 valence electrons. The van der Waals surface area contributed by atoms with Crippen molar-refractivity contribution in [1.82, 2.24) is 4.90 Å². The highest BCUT2D eigenvalue weighted by Gasteiger charge is 2.39. The molecule has 1 aromatic carbocycles. The van der Waals surface area contributed by atoms with E-state index in [0.29, 0.717) is 56.3 Å². The minimum Gasteiger partial charge on any atom is -0.490 e. The Kier molecular flexibility index (Phi) is 7.64. The standard InChI is InChI=1S/C23H33NO7/c1-23(2,3)31-22(26)24-9-12-28-10-5-6-11-29-20-13-16(21(25)27-4)7-8-19(20)30-18-14-17(24)15-18/h7-8,13,17-18H,5-6,9-12,14-15H2,1-4H3. The summed E-state index contributed by atoms with van der Waals surface area (Å²) in [5.41, 5.74) is -0.143. The van der Waals surface area contributed by atoms with Crippen molar-refractivity contribution in [3.63, 3.8) is 0 Å². The van der Waals surface area contributed by atoms with Crippen LogP contribution < -0.4 is 9.47 Å². The van der Waals surface area contributed by atoms with Crippen molar-refractivity contribution in [2.75, 3.05) is 33.5 Å². The number of methoxy groups -OCH3 is 1. The fraction of sp³-hybridized carbons (Fsp3) is 0.652. The first-order valence-corrected chi connectivity index (χ1v) is 10.9. The van der Waals surface area contributed by atoms with Gasteiger partial charge in [-0.05, 0) is 51.8 Å². The van der Waals surface area contributed by atoms with E-state index in [1.54, 1.807) is 23.1 Å². The zero-order chi connectivity index (χ0) is 22.4. The lowest BCUT2D eigenvalue weighted by molar-refractivity contribution is -0.0258. The summed E-state index contributed by atoms with van der Waals surface area (Å²) in [6.45, 7) is 7.61. The van der Waals surface area contributed by atoms with Crippen LogP contribution in [-0.4, -0.2) is 68.2 Å². The Labute approximate surface area is 183 Å². The number of hydrogen-bond donors (Lipinski definition) is 0. The third-order valence-electron chi connectivity index (χ3n) is 5.21. The molecule has 1 saturated carbocycles. The largest absolute Gasteiger partial charge is 0.490 e. The van der Waals surface area contributed by atoms with E-state index >= 15 is 0 Å². The van der Waals surface area contributed by atoms with Crippen LogP contribution in [0, 0.1) is 0 Å². The molecule has 2 bridgehead atoms. The van der Waals surface area contributed by atoms with Gasteiger partial charge in [-0.1, -0.05) is 0 Å². The molecule has 4 rings (SSSR count). The van der Waals surface area contributed by atoms with E-state index in [4.69, 9.17) is 23.7 Å². The fourth-order valence-corrected chi connectivity index (χ4v) is 3.53. The summed E-state index contributed by atoms with van der Waals surface area (Å²) in [6.07, 6.45) is 2.63. The van der Waals surface area contributed by atoms with E-state index in [0.717, 1.165) is 12.8 Å². The van der Waals surface area contributed by atoms with Gasteiger partial charge in [0.05, 0.1) is 25.9 Å². The number of carbonyl (C=O) groups excluding carboxylic acids is 2. The number of ether oxygens (including phenoxy) is 5. The average molecular weight is 436 g/mol. The first-order chi connectivity index (χ1) is 14.8. The van der Waals surface area contributed by atoms with Gasteiger partial charge in [0.2, 0.25) is 0 Å². The van der Waals surface area contributed by atoms with Crippen LogP contribution in [0.15, 0.2) is 18.2 Å². The monoisotopic (exact) mass is 435 g/mol. The lowest BCUT2D eigenvalue weighted by Gasteiger charge is -2.42. The van der Waals surface area contributed by atoms with Crippen LogP contribution in [0.3, 0.4) is 0 Å². The lowest BCUT2D eigenvalue weighted by Crippen LogP contribution is -2.53. The second-order valence-electron chi connectivity index (χ2n) is 8.86. The smallest absolute Gasteiger partial charge is 0.410 e. The average Bonchev–Trinajstić information content (AvgIpc) is 2.69. The van der Waals surface area contributed by atoms with E-state index in [2.05, 4.69) is 0 Å². The molecule has 1 fully saturated rings. The zero-order valence-corrected chi connectivity index (χ0v) is 18.8. The van der Waals surface area contributed by atoms with Crippen molar-refractivity contribution in [2.45, 2.75) is 64.2 Å². The number of carbonyl (C=O) groups is 2. The number of fused-ring (bicyclic) bond motifs is 8. The second-order valence-corrected chi connectivity index (χ2v) is 8.86. The molecule has 8 nitrogen and oxygen atoms in total. The van der Waals surface area contributed by atoms with Gasteiger partial charge in [0.1, 0.15) is 11.7 Å². The lowest BCUT2D eigenvalue weighted by atomic mass is 9.88. The Morgan fingerprint density at radius 2 is 1.81 bits per heavy atom. The van der Waals surface area contributed by atoms with E-state index in [1.807, 2.05) is 20.8 Å². The molecule has 0 radical (unpaired) electrons. The first kappa shape index (κ1) is 23.2. The number of amides is 1. The summed E-state index contributed by atoms with van der Waals surface area (Å²) in [5, 5.41) is 0. The Balaban J connectivity index is 1.73. The fourth-order valence-electron chi connectivity index (χ4n) is 3.53. The maximum atomic E-state index is 12.7. The van der Waals surface area contributed by atoms with Gasteiger partial charge in [0.25, 0.3) is 0 Å². The molecule has 0 unspecified atom stereocenters. The third-order valence-corrected chi connectivity index (χ3v) is 5.21. The summed E-state index contributed by atoms with van der Waals surface area (Å²) in [6, 6.07) is 5.09. The summed E-state index contributed by atoms with van der Waals surface area (Å²) in [7, 11) is 1.35. The molecule has 0 N–H and O–H groups in total. The van der Waals surface area contributed by atoms with Crippen molar-refractivity contribution in [1.29, 1.82) is 0 Å². The Morgan fingerprint density at radius 3 is 2.52 bits per heavy atom. The number of hydrogen-bond acceptors (Lipinski definition) is 7. The Bertz CT molecular complexity index is 768. The van der Waals surface area contributed by atoms with Gasteiger partial charge in [-0.15, -0.1) is 0 Å². The minimum atomic E-state index is -0.553. The number of benzene rings is 1. The second kappa shape index (κ2) is 10.2. The minimum absolute atomic E-state index is 0.0345. The van der Waals surface area contributed by atoms with Gasteiger partial charge in [-0.3, -0.25) is 0 Å². The molecule has 2 aliphatic heterocycles. The maximum absolute atomic E-state index is 12.7. The van der Waals surface area contributed by atoms with Crippen LogP contribution in [-0.2, 0) is 14.2 Å². The maximum Gasteiger partial charge on any atom is 0.410 e. The molecule has 0 aromatic heterocycles. The van der Waals surface area contributed by atoms with Crippen molar-refractivity contribution in [2.24, 2.45) is 0 Å². The van der Waals surface area contributed by atoms with Crippen LogP contribution in [0.25, 0.3) is 0 Å². The zero-order valence-electron chi connectivity index (χ0n) is 18.8. The topological polar surface area (TPSA) is 83.5 Å². The number of esters is 1. The van der Waals surface area contributed by atoms with E-state index in [1.165, 1.54) is 7.11 Å². The van der Waals surface area contributed by atoms with Crippen molar-refractivity contribution in [3.8, 4) is 11.5 Å². The number of rotatable bonds is 1. The SMILES string of the molecule is COC(=O)c1ccc2c(c1)OCCCCOCCN(C(=O)OC(C)(C)C)C1CC(C1)O2. The predicted molar refractivity (Wildman–Crippen MR) is 114 cm³/mol. The summed E-state index contributed by atoms with van der Waals surface area (Å²) in [5.74, 6) is 0.685. The molecule has 1 amide bonds. The van der Waals surface area contributed by atoms with Crippen molar-refractivity contribution >= 4 is 12.1 Å². The molecule has 3 aliphatic rings. The van der Waals surface area contributed by atoms with E-state index in [9.17, 15) is 9.59 Å². The normalized spacial score (nSPS) is 22.4. The molecular formula is C23H33NO7. The molecule has 0 spiro atoms. The summed E-state index contributed by atoms with van der Waals surface area (Å²) < 4.78 is 28.2. The van der Waals surface area contributed by atoms with Crippen LogP contribution in [0.5, 0.6) is 11.5 Å². The summed E-state index contributed by atoms with van der Waals surface area (Å²) >= 11 is 0. The Hall–Kier alpha value is -2.48. The van der Waals surface area contributed by atoms with Gasteiger partial charge in [-0.25, -0.2) is 9.59 Å². The van der Waals surface area contributed by atoms with Gasteiger partial charge in [0.15, 0.2) is 11.5 Å². The van der Waals surface area contributed by atoms with Crippen molar-refractivity contribution in [3.05, 3.63) is 23.8 Å². The molecule has 1 aromatic rings. The predicted octanol–water partition coefficient (Wildman–Crippen LogP) is 3.81. The molecule has 2 heterocycles. The molecule has 31 heavy (non-hydrogen) atoms. The summed E-state index contributed by atoms with van der Waals surface area (Å²) in [4.78, 5) is 26.4. The van der Waals surface area contributed by atoms with Crippen molar-refractivity contribution < 1.29 is 33.3 Å². The van der Waals surface area contributed by atoms with E-state index in [-0.39, 0.29) is 18.2 Å². The van der Waals surface area contributed by atoms with E-state index < -0.39 is 11.6 Å². The molecule has 1 aliphatic carbocycles. The highest BCUT2D eigenvalue weighted by Crippen LogP contribution is 2.36. The highest BCUT2D eigenvalue weighted by molar-refractivity contribution is 5.90. The van der Waals surface area contributed by atoms with Crippen LogP contribution in [0.2, 0.25) is 0 Å². The molecule has 8 heteroatoms. The third kappa shape index (κ3) is 6.50. The molecule has 0 atom stereocenters. The number of nitrogens with zero attached hydrogens (tertiary/aromatic N) is 1. The van der Waals surface area contributed by atoms with Gasteiger partial charge in [0, 0.05) is 32.0 Å². The Morgan fingerprint density at radius 1 is 1.06 bits per heavy atom. The van der Waals surface area contributed by atoms with Crippen LogP contribution in [0.4, 0.5) is 4.79 Å². The quantitative estimate of drug-likeness (QED) is 0.620. The van der Waals surface area contributed by atoms with Gasteiger partial charge >= 0.3 is 12.1 Å². The molecule has 0 saturated heterocycles.